The Morgan fingerprint density at radius 1 is 1.18 bits per heavy atom. The fraction of sp³-hybridized carbons (Fsp3) is 1.00. The Bertz CT molecular complexity index is 215. The maximum Gasteiger partial charge on any atom is 0.169 e. The van der Waals surface area contributed by atoms with Crippen molar-refractivity contribution in [1.82, 2.24) is 5.32 Å². The number of ether oxygens (including phenoxy) is 3. The van der Waals surface area contributed by atoms with E-state index in [1.807, 2.05) is 13.8 Å². The highest BCUT2D eigenvalue weighted by molar-refractivity contribution is 4.93. The minimum Gasteiger partial charge on any atom is -0.376 e. The summed E-state index contributed by atoms with van der Waals surface area (Å²) >= 11 is 0. The standard InChI is InChI=1S/C13H25NO3/c1-3-15-12(16-4-2)9-14-11-7-8-17-13(11)10-5-6-10/h10-14H,3-9H2,1-2H3. The highest BCUT2D eigenvalue weighted by atomic mass is 16.7. The van der Waals surface area contributed by atoms with Gasteiger partial charge in [-0.2, -0.15) is 0 Å². The normalized spacial score (nSPS) is 29.1. The van der Waals surface area contributed by atoms with Gasteiger partial charge in [0.1, 0.15) is 0 Å². The van der Waals surface area contributed by atoms with Gasteiger partial charge >= 0.3 is 0 Å². The van der Waals surface area contributed by atoms with Crippen LogP contribution in [0.5, 0.6) is 0 Å². The summed E-state index contributed by atoms with van der Waals surface area (Å²) in [4.78, 5) is 0. The number of hydrogen-bond acceptors (Lipinski definition) is 4. The maximum atomic E-state index is 5.80. The van der Waals surface area contributed by atoms with E-state index in [-0.39, 0.29) is 6.29 Å². The van der Waals surface area contributed by atoms with Crippen LogP contribution in [0.25, 0.3) is 0 Å². The van der Waals surface area contributed by atoms with Crippen LogP contribution in [0.1, 0.15) is 33.1 Å². The van der Waals surface area contributed by atoms with Gasteiger partial charge in [-0.1, -0.05) is 0 Å². The van der Waals surface area contributed by atoms with Gasteiger partial charge in [-0.25, -0.2) is 0 Å². The molecule has 0 aromatic heterocycles. The van der Waals surface area contributed by atoms with Gasteiger partial charge in [0.25, 0.3) is 0 Å². The van der Waals surface area contributed by atoms with Crippen LogP contribution in [-0.4, -0.2) is 44.8 Å². The largest absolute Gasteiger partial charge is 0.376 e. The van der Waals surface area contributed by atoms with E-state index in [1.54, 1.807) is 0 Å². The molecule has 1 saturated carbocycles. The fourth-order valence-corrected chi connectivity index (χ4v) is 2.50. The van der Waals surface area contributed by atoms with Gasteiger partial charge in [0.05, 0.1) is 6.10 Å². The average Bonchev–Trinajstić information content (AvgIpc) is 3.06. The molecular weight excluding hydrogens is 218 g/mol. The molecule has 2 atom stereocenters. The lowest BCUT2D eigenvalue weighted by Crippen LogP contribution is -2.43. The molecule has 1 N–H and O–H groups in total. The second kappa shape index (κ2) is 6.69. The first-order chi connectivity index (χ1) is 8.35. The van der Waals surface area contributed by atoms with E-state index >= 15 is 0 Å². The highest BCUT2D eigenvalue weighted by Gasteiger charge is 2.40. The van der Waals surface area contributed by atoms with Gasteiger partial charge in [-0.3, -0.25) is 0 Å². The van der Waals surface area contributed by atoms with Crippen molar-refractivity contribution in [3.05, 3.63) is 0 Å². The molecule has 4 nitrogen and oxygen atoms in total. The topological polar surface area (TPSA) is 39.7 Å². The molecule has 0 radical (unpaired) electrons. The van der Waals surface area contributed by atoms with Crippen LogP contribution in [0.4, 0.5) is 0 Å². The van der Waals surface area contributed by atoms with Gasteiger partial charge < -0.3 is 19.5 Å². The average molecular weight is 243 g/mol. The Kier molecular flexibility index (Phi) is 5.22. The lowest BCUT2D eigenvalue weighted by atomic mass is 10.1. The quantitative estimate of drug-likeness (QED) is 0.657. The van der Waals surface area contributed by atoms with Gasteiger partial charge in [0.15, 0.2) is 6.29 Å². The number of hydrogen-bond donors (Lipinski definition) is 1. The minimum absolute atomic E-state index is 0.120. The minimum atomic E-state index is -0.120. The first kappa shape index (κ1) is 13.3. The van der Waals surface area contributed by atoms with Crippen molar-refractivity contribution >= 4 is 0 Å². The van der Waals surface area contributed by atoms with Crippen LogP contribution < -0.4 is 5.32 Å². The van der Waals surface area contributed by atoms with Gasteiger partial charge in [-0.05, 0) is 39.0 Å². The molecule has 4 heteroatoms. The second-order valence-corrected chi connectivity index (χ2v) is 4.82. The summed E-state index contributed by atoms with van der Waals surface area (Å²) in [5.74, 6) is 0.799. The van der Waals surface area contributed by atoms with E-state index in [4.69, 9.17) is 14.2 Å². The molecule has 17 heavy (non-hydrogen) atoms. The van der Waals surface area contributed by atoms with Crippen LogP contribution in [0.15, 0.2) is 0 Å². The summed E-state index contributed by atoms with van der Waals surface area (Å²) in [6.45, 7) is 7.04. The molecule has 2 unspecified atom stereocenters. The predicted molar refractivity (Wildman–Crippen MR) is 65.9 cm³/mol. The van der Waals surface area contributed by atoms with E-state index in [9.17, 15) is 0 Å². The molecule has 1 aliphatic carbocycles. The Morgan fingerprint density at radius 3 is 2.47 bits per heavy atom. The van der Waals surface area contributed by atoms with Crippen molar-refractivity contribution in [1.29, 1.82) is 0 Å². The molecule has 100 valence electrons. The van der Waals surface area contributed by atoms with E-state index in [0.717, 1.165) is 25.5 Å². The van der Waals surface area contributed by atoms with E-state index in [2.05, 4.69) is 5.32 Å². The summed E-state index contributed by atoms with van der Waals surface area (Å²) in [6.07, 6.45) is 4.10. The Morgan fingerprint density at radius 2 is 1.88 bits per heavy atom. The van der Waals surface area contributed by atoms with Gasteiger partial charge in [0, 0.05) is 32.4 Å². The van der Waals surface area contributed by atoms with Crippen molar-refractivity contribution in [2.45, 2.75) is 51.5 Å². The Labute approximate surface area is 104 Å². The molecule has 1 aliphatic heterocycles. The molecular formula is C13H25NO3. The molecule has 2 aliphatic rings. The van der Waals surface area contributed by atoms with Gasteiger partial charge in [-0.15, -0.1) is 0 Å². The first-order valence-electron chi connectivity index (χ1n) is 6.93. The summed E-state index contributed by atoms with van der Waals surface area (Å²) in [6, 6.07) is 0.492. The summed E-state index contributed by atoms with van der Waals surface area (Å²) in [5, 5.41) is 3.55. The van der Waals surface area contributed by atoms with Crippen molar-refractivity contribution < 1.29 is 14.2 Å². The van der Waals surface area contributed by atoms with Crippen LogP contribution in [0.2, 0.25) is 0 Å². The summed E-state index contributed by atoms with van der Waals surface area (Å²) in [7, 11) is 0. The molecule has 0 aromatic carbocycles. The molecule has 0 spiro atoms. The molecule has 2 rings (SSSR count). The van der Waals surface area contributed by atoms with Crippen molar-refractivity contribution in [3.8, 4) is 0 Å². The van der Waals surface area contributed by atoms with Crippen LogP contribution in [-0.2, 0) is 14.2 Å². The van der Waals surface area contributed by atoms with Gasteiger partial charge in [0.2, 0.25) is 0 Å². The predicted octanol–water partition coefficient (Wildman–Crippen LogP) is 1.54. The molecule has 0 aromatic rings. The van der Waals surface area contributed by atoms with Crippen LogP contribution >= 0.6 is 0 Å². The lowest BCUT2D eigenvalue weighted by Gasteiger charge is -2.23. The second-order valence-electron chi connectivity index (χ2n) is 4.82. The maximum absolute atomic E-state index is 5.80. The third kappa shape index (κ3) is 3.91. The highest BCUT2D eigenvalue weighted by Crippen LogP contribution is 2.38. The zero-order valence-corrected chi connectivity index (χ0v) is 11.0. The number of nitrogens with one attached hydrogen (secondary N) is 1. The fourth-order valence-electron chi connectivity index (χ4n) is 2.50. The molecule has 0 amide bonds. The van der Waals surface area contributed by atoms with E-state index < -0.39 is 0 Å². The SMILES string of the molecule is CCOC(CNC1CCOC1C1CC1)OCC. The molecule has 0 bridgehead atoms. The smallest absolute Gasteiger partial charge is 0.169 e. The van der Waals surface area contributed by atoms with E-state index in [0.29, 0.717) is 25.4 Å². The zero-order valence-electron chi connectivity index (χ0n) is 11.0. The monoisotopic (exact) mass is 243 g/mol. The van der Waals surface area contributed by atoms with Crippen molar-refractivity contribution in [2.75, 3.05) is 26.4 Å². The Hall–Kier alpha value is -0.160. The first-order valence-corrected chi connectivity index (χ1v) is 6.93. The van der Waals surface area contributed by atoms with Crippen molar-refractivity contribution in [2.24, 2.45) is 5.92 Å². The third-order valence-electron chi connectivity index (χ3n) is 3.47. The van der Waals surface area contributed by atoms with Crippen molar-refractivity contribution in [3.63, 3.8) is 0 Å². The molecule has 2 fully saturated rings. The van der Waals surface area contributed by atoms with Crippen LogP contribution in [0, 0.1) is 5.92 Å². The summed E-state index contributed by atoms with van der Waals surface area (Å²) in [5.41, 5.74) is 0. The molecule has 1 saturated heterocycles. The Balaban J connectivity index is 1.71. The molecule has 1 heterocycles. The lowest BCUT2D eigenvalue weighted by molar-refractivity contribution is -0.134. The summed E-state index contributed by atoms with van der Waals surface area (Å²) < 4.78 is 16.9. The third-order valence-corrected chi connectivity index (χ3v) is 3.47. The number of rotatable bonds is 8. The van der Waals surface area contributed by atoms with Crippen LogP contribution in [0.3, 0.4) is 0 Å². The zero-order chi connectivity index (χ0) is 12.1. The van der Waals surface area contributed by atoms with E-state index in [1.165, 1.54) is 12.8 Å².